The van der Waals surface area contributed by atoms with Crippen LogP contribution in [0.4, 0.5) is 5.82 Å². The van der Waals surface area contributed by atoms with E-state index in [9.17, 15) is 13.2 Å². The van der Waals surface area contributed by atoms with Crippen molar-refractivity contribution in [3.63, 3.8) is 0 Å². The first-order valence-electron chi connectivity index (χ1n) is 5.48. The average molecular weight is 301 g/mol. The minimum atomic E-state index is -3.82. The Labute approximate surface area is 112 Å². The van der Waals surface area contributed by atoms with Crippen molar-refractivity contribution in [1.29, 1.82) is 0 Å². The second kappa shape index (κ2) is 4.18. The highest BCUT2D eigenvalue weighted by atomic mass is 32.2. The van der Waals surface area contributed by atoms with Gasteiger partial charge in [0.05, 0.1) is 6.54 Å². The molecule has 0 atom stereocenters. The number of amides is 1. The minimum Gasteiger partial charge on any atom is -0.381 e. The molecule has 0 aromatic carbocycles. The third-order valence-corrected chi connectivity index (χ3v) is 5.47. The van der Waals surface area contributed by atoms with E-state index < -0.39 is 10.0 Å². The van der Waals surface area contributed by atoms with Crippen LogP contribution in [0.15, 0.2) is 16.6 Å². The van der Waals surface area contributed by atoms with Crippen LogP contribution in [0.5, 0.6) is 0 Å². The molecule has 0 saturated carbocycles. The zero-order chi connectivity index (χ0) is 13.6. The summed E-state index contributed by atoms with van der Waals surface area (Å²) < 4.78 is 27.6. The average Bonchev–Trinajstić information content (AvgIpc) is 2.88. The van der Waals surface area contributed by atoms with Crippen molar-refractivity contribution in [1.82, 2.24) is 19.0 Å². The molecule has 3 rings (SSSR count). The first kappa shape index (κ1) is 12.4. The van der Waals surface area contributed by atoms with Crippen LogP contribution in [-0.2, 0) is 14.8 Å². The van der Waals surface area contributed by atoms with Crippen molar-refractivity contribution in [2.75, 3.05) is 25.4 Å². The van der Waals surface area contributed by atoms with E-state index in [0.717, 1.165) is 4.31 Å². The molecule has 19 heavy (non-hydrogen) atoms. The number of carbonyl (C=O) groups is 1. The van der Waals surface area contributed by atoms with Crippen LogP contribution in [-0.4, -0.2) is 47.6 Å². The fourth-order valence-electron chi connectivity index (χ4n) is 1.98. The number of thiazole rings is 1. The van der Waals surface area contributed by atoms with Gasteiger partial charge in [-0.1, -0.05) is 0 Å². The highest BCUT2D eigenvalue weighted by Crippen LogP contribution is 2.26. The van der Waals surface area contributed by atoms with Gasteiger partial charge < -0.3 is 11.1 Å². The number of nitrogens with zero attached hydrogens (tertiary/aromatic N) is 3. The summed E-state index contributed by atoms with van der Waals surface area (Å²) in [5.41, 5.74) is 5.69. The summed E-state index contributed by atoms with van der Waals surface area (Å²) in [5.74, 6) is -0.364. The Morgan fingerprint density at radius 1 is 1.47 bits per heavy atom. The summed E-state index contributed by atoms with van der Waals surface area (Å²) in [4.78, 5) is 15.8. The Balaban J connectivity index is 2.11. The van der Waals surface area contributed by atoms with Crippen LogP contribution in [0.25, 0.3) is 4.96 Å². The van der Waals surface area contributed by atoms with Crippen molar-refractivity contribution >= 4 is 38.0 Å². The van der Waals surface area contributed by atoms with Gasteiger partial charge in [-0.3, -0.25) is 9.20 Å². The number of piperazine rings is 1. The minimum absolute atomic E-state index is 0.0437. The van der Waals surface area contributed by atoms with E-state index in [1.165, 1.54) is 15.7 Å². The zero-order valence-corrected chi connectivity index (χ0v) is 11.4. The van der Waals surface area contributed by atoms with Gasteiger partial charge in [0.2, 0.25) is 5.91 Å². The second-order valence-electron chi connectivity index (χ2n) is 4.05. The summed E-state index contributed by atoms with van der Waals surface area (Å²) >= 11 is 1.30. The topological polar surface area (TPSA) is 110 Å². The highest BCUT2D eigenvalue weighted by molar-refractivity contribution is 7.89. The van der Waals surface area contributed by atoms with Crippen LogP contribution >= 0.6 is 11.3 Å². The van der Waals surface area contributed by atoms with Gasteiger partial charge in [0.1, 0.15) is 0 Å². The lowest BCUT2D eigenvalue weighted by Crippen LogP contribution is -2.50. The predicted molar refractivity (Wildman–Crippen MR) is 69.2 cm³/mol. The molecule has 0 bridgehead atoms. The van der Waals surface area contributed by atoms with Gasteiger partial charge in [-0.2, -0.15) is 4.31 Å². The van der Waals surface area contributed by atoms with Gasteiger partial charge >= 0.3 is 0 Å². The molecule has 2 aromatic heterocycles. The Bertz CT molecular complexity index is 747. The maximum Gasteiger partial charge on any atom is 0.263 e. The molecule has 1 saturated heterocycles. The third-order valence-electron chi connectivity index (χ3n) is 2.83. The van der Waals surface area contributed by atoms with E-state index in [1.807, 2.05) is 0 Å². The van der Waals surface area contributed by atoms with E-state index in [1.54, 1.807) is 11.6 Å². The zero-order valence-electron chi connectivity index (χ0n) is 9.74. The Hall–Kier alpha value is -1.65. The molecule has 8 nitrogen and oxygen atoms in total. The number of hydrogen-bond acceptors (Lipinski definition) is 6. The van der Waals surface area contributed by atoms with E-state index in [4.69, 9.17) is 5.73 Å². The molecule has 1 fully saturated rings. The first-order chi connectivity index (χ1) is 9.00. The van der Waals surface area contributed by atoms with Crippen LogP contribution in [0.2, 0.25) is 0 Å². The van der Waals surface area contributed by atoms with Gasteiger partial charge in [0, 0.05) is 24.7 Å². The van der Waals surface area contributed by atoms with Crippen molar-refractivity contribution < 1.29 is 13.2 Å². The number of aromatic nitrogens is 2. The number of anilines is 1. The molecular formula is C9H11N5O3S2. The molecule has 10 heteroatoms. The summed E-state index contributed by atoms with van der Waals surface area (Å²) in [6.45, 7) is 0.327. The molecule has 2 aromatic rings. The van der Waals surface area contributed by atoms with Crippen LogP contribution < -0.4 is 11.1 Å². The van der Waals surface area contributed by atoms with Crippen LogP contribution in [0, 0.1) is 0 Å². The SMILES string of the molecule is Nc1nc2sccn2c1S(=O)(=O)N1CCNC(=O)C1. The number of fused-ring (bicyclic) bond motifs is 1. The lowest BCUT2D eigenvalue weighted by atomic mass is 10.4. The number of hydrogen-bond donors (Lipinski definition) is 2. The molecule has 3 N–H and O–H groups in total. The molecular weight excluding hydrogens is 290 g/mol. The number of sulfonamides is 1. The molecule has 1 aliphatic rings. The second-order valence-corrected chi connectivity index (χ2v) is 6.77. The molecule has 0 unspecified atom stereocenters. The highest BCUT2D eigenvalue weighted by Gasteiger charge is 2.34. The smallest absolute Gasteiger partial charge is 0.263 e. The molecule has 0 spiro atoms. The molecule has 0 radical (unpaired) electrons. The van der Waals surface area contributed by atoms with Crippen molar-refractivity contribution in [2.24, 2.45) is 0 Å². The molecule has 1 amide bonds. The van der Waals surface area contributed by atoms with Gasteiger partial charge in [-0.25, -0.2) is 13.4 Å². The standard InChI is InChI=1S/C9H11N5O3S2/c10-7-8(14-3-4-18-9(14)12-7)19(16,17)13-2-1-11-6(15)5-13/h3-4H,1-2,5,10H2,(H,11,15). The maximum absolute atomic E-state index is 12.5. The fraction of sp³-hybridized carbons (Fsp3) is 0.333. The lowest BCUT2D eigenvalue weighted by molar-refractivity contribution is -0.122. The van der Waals surface area contributed by atoms with E-state index in [2.05, 4.69) is 10.3 Å². The molecule has 1 aliphatic heterocycles. The van der Waals surface area contributed by atoms with Crippen LogP contribution in [0.1, 0.15) is 0 Å². The van der Waals surface area contributed by atoms with E-state index in [-0.39, 0.29) is 29.8 Å². The van der Waals surface area contributed by atoms with Crippen molar-refractivity contribution in [3.05, 3.63) is 11.6 Å². The van der Waals surface area contributed by atoms with Gasteiger partial charge in [0.25, 0.3) is 10.0 Å². The fourth-order valence-corrected chi connectivity index (χ4v) is 4.33. The summed E-state index contributed by atoms with van der Waals surface area (Å²) in [7, 11) is -3.82. The Morgan fingerprint density at radius 2 is 2.26 bits per heavy atom. The number of rotatable bonds is 2. The number of nitrogens with two attached hydrogens (primary N) is 1. The van der Waals surface area contributed by atoms with Crippen molar-refractivity contribution in [3.8, 4) is 0 Å². The van der Waals surface area contributed by atoms with Gasteiger partial charge in [0.15, 0.2) is 15.8 Å². The van der Waals surface area contributed by atoms with E-state index in [0.29, 0.717) is 11.5 Å². The Morgan fingerprint density at radius 3 is 3.00 bits per heavy atom. The van der Waals surface area contributed by atoms with Gasteiger partial charge in [-0.05, 0) is 0 Å². The number of nitrogens with one attached hydrogen (secondary N) is 1. The molecule has 0 aliphatic carbocycles. The maximum atomic E-state index is 12.5. The van der Waals surface area contributed by atoms with E-state index >= 15 is 0 Å². The Kier molecular flexibility index (Phi) is 2.73. The number of nitrogen functional groups attached to an aromatic ring is 1. The monoisotopic (exact) mass is 301 g/mol. The predicted octanol–water partition coefficient (Wildman–Crippen LogP) is -0.901. The van der Waals surface area contributed by atoms with Gasteiger partial charge in [-0.15, -0.1) is 11.3 Å². The summed E-state index contributed by atoms with van der Waals surface area (Å²) in [5, 5.41) is 4.23. The molecule has 102 valence electrons. The third kappa shape index (κ3) is 1.88. The first-order valence-corrected chi connectivity index (χ1v) is 7.80. The largest absolute Gasteiger partial charge is 0.381 e. The normalized spacial score (nSPS) is 17.8. The quantitative estimate of drug-likeness (QED) is 0.747. The number of carbonyl (C=O) groups excluding carboxylic acids is 1. The molecule has 3 heterocycles. The lowest BCUT2D eigenvalue weighted by Gasteiger charge is -2.25. The summed E-state index contributed by atoms with van der Waals surface area (Å²) in [6.07, 6.45) is 1.60. The van der Waals surface area contributed by atoms with Crippen LogP contribution in [0.3, 0.4) is 0 Å². The van der Waals surface area contributed by atoms with Crippen molar-refractivity contribution in [2.45, 2.75) is 5.03 Å². The number of imidazole rings is 1. The summed E-state index contributed by atoms with van der Waals surface area (Å²) in [6, 6.07) is 0.